The van der Waals surface area contributed by atoms with Gasteiger partial charge in [-0.3, -0.25) is 19.2 Å². The van der Waals surface area contributed by atoms with Gasteiger partial charge >= 0.3 is 0 Å². The topological polar surface area (TPSA) is 36.7 Å². The molecule has 0 unspecified atom stereocenters. The molecule has 0 aliphatic carbocycles. The Bertz CT molecular complexity index is 840. The quantitative estimate of drug-likeness (QED) is 0.638. The maximum absolute atomic E-state index is 4.72. The zero-order chi connectivity index (χ0) is 17.9. The molecule has 4 rings (SSSR count). The molecule has 0 radical (unpaired) electrons. The van der Waals surface area contributed by atoms with Gasteiger partial charge in [-0.1, -0.05) is 13.0 Å². The fourth-order valence-electron chi connectivity index (χ4n) is 4.07. The molecular weight excluding hydrogens is 342 g/mol. The number of nitrogens with zero attached hydrogens (tertiary/aromatic N) is 5. The lowest BCUT2D eigenvalue weighted by molar-refractivity contribution is 0.163. The molecule has 1 aliphatic heterocycles. The highest BCUT2D eigenvalue weighted by molar-refractivity contribution is 7.15. The molecule has 0 aromatic carbocycles. The fourth-order valence-corrected chi connectivity index (χ4v) is 4.84. The number of thiazole rings is 1. The van der Waals surface area contributed by atoms with Crippen LogP contribution < -0.4 is 0 Å². The minimum absolute atomic E-state index is 0.648. The van der Waals surface area contributed by atoms with Crippen LogP contribution in [0.1, 0.15) is 36.8 Å². The van der Waals surface area contributed by atoms with E-state index in [4.69, 9.17) is 4.98 Å². The molecule has 1 atom stereocenters. The zero-order valence-corrected chi connectivity index (χ0v) is 16.5. The summed E-state index contributed by atoms with van der Waals surface area (Å²) in [5.41, 5.74) is 3.58. The summed E-state index contributed by atoms with van der Waals surface area (Å²) < 4.78 is 2.25. The second kappa shape index (κ2) is 7.86. The van der Waals surface area contributed by atoms with E-state index in [1.54, 1.807) is 11.3 Å². The van der Waals surface area contributed by atoms with E-state index in [1.807, 2.05) is 12.3 Å². The maximum atomic E-state index is 4.72. The number of likely N-dealkylation sites (N-methyl/N-ethyl adjacent to an activating group) is 1. The third-order valence-corrected chi connectivity index (χ3v) is 6.18. The third-order valence-electron chi connectivity index (χ3n) is 5.42. The van der Waals surface area contributed by atoms with Crippen molar-refractivity contribution in [3.8, 4) is 0 Å². The van der Waals surface area contributed by atoms with Crippen LogP contribution in [0.15, 0.2) is 36.0 Å². The molecule has 0 bridgehead atoms. The maximum Gasteiger partial charge on any atom is 0.194 e. The van der Waals surface area contributed by atoms with E-state index in [2.05, 4.69) is 56.7 Å². The van der Waals surface area contributed by atoms with E-state index < -0.39 is 0 Å². The Balaban J connectivity index is 1.57. The lowest BCUT2D eigenvalue weighted by Crippen LogP contribution is -2.40. The van der Waals surface area contributed by atoms with Crippen LogP contribution in [0.4, 0.5) is 0 Å². The summed E-state index contributed by atoms with van der Waals surface area (Å²) in [6.45, 7) is 9.66. The number of likely N-dealkylation sites (tertiary alicyclic amines) is 1. The molecule has 0 N–H and O–H groups in total. The summed E-state index contributed by atoms with van der Waals surface area (Å²) in [4.78, 5) is 15.5. The number of hydrogen-bond donors (Lipinski definition) is 0. The van der Waals surface area contributed by atoms with Gasteiger partial charge in [-0.2, -0.15) is 0 Å². The number of aromatic nitrogens is 3. The van der Waals surface area contributed by atoms with E-state index in [0.717, 1.165) is 42.5 Å². The van der Waals surface area contributed by atoms with Crippen LogP contribution in [-0.2, 0) is 13.1 Å². The fraction of sp³-hybridized carbons (Fsp3) is 0.500. The standard InChI is InChI=1S/C20H27N5S/c1-3-24-10-6-8-18(24)14-23(13-17-7-4-5-9-21-17)15-19-16(2)22-20-25(19)11-12-26-20/h4-5,7,9,11-12,18H,3,6,8,10,13-15H2,1-2H3/t18-/m0/s1. The van der Waals surface area contributed by atoms with Gasteiger partial charge in [0.05, 0.1) is 17.1 Å². The van der Waals surface area contributed by atoms with Crippen molar-refractivity contribution in [2.45, 2.75) is 45.8 Å². The van der Waals surface area contributed by atoms with E-state index in [0.29, 0.717) is 6.04 Å². The molecule has 3 aromatic rings. The smallest absolute Gasteiger partial charge is 0.194 e. The molecule has 6 heteroatoms. The molecule has 3 aromatic heterocycles. The van der Waals surface area contributed by atoms with Crippen molar-refractivity contribution in [3.63, 3.8) is 0 Å². The molecule has 1 saturated heterocycles. The molecule has 5 nitrogen and oxygen atoms in total. The summed E-state index contributed by atoms with van der Waals surface area (Å²) in [6, 6.07) is 6.84. The second-order valence-electron chi connectivity index (χ2n) is 7.11. The highest BCUT2D eigenvalue weighted by Gasteiger charge is 2.26. The zero-order valence-electron chi connectivity index (χ0n) is 15.6. The third kappa shape index (κ3) is 3.68. The predicted molar refractivity (Wildman–Crippen MR) is 106 cm³/mol. The Morgan fingerprint density at radius 3 is 3.04 bits per heavy atom. The average Bonchev–Trinajstić information content (AvgIpc) is 3.34. The molecule has 0 amide bonds. The van der Waals surface area contributed by atoms with Crippen LogP contribution >= 0.6 is 11.3 Å². The normalized spacial score (nSPS) is 18.3. The minimum atomic E-state index is 0.648. The number of fused-ring (bicyclic) bond motifs is 1. The number of rotatable bonds is 7. The Hall–Kier alpha value is -1.76. The van der Waals surface area contributed by atoms with E-state index >= 15 is 0 Å². The second-order valence-corrected chi connectivity index (χ2v) is 7.99. The van der Waals surface area contributed by atoms with Gasteiger partial charge in [0.1, 0.15) is 0 Å². The summed E-state index contributed by atoms with van der Waals surface area (Å²) in [5.74, 6) is 0. The lowest BCUT2D eigenvalue weighted by atomic mass is 10.2. The van der Waals surface area contributed by atoms with Crippen LogP contribution in [0.2, 0.25) is 0 Å². The van der Waals surface area contributed by atoms with E-state index in [1.165, 1.54) is 25.1 Å². The van der Waals surface area contributed by atoms with E-state index in [-0.39, 0.29) is 0 Å². The molecule has 1 aliphatic rings. The number of hydrogen-bond acceptors (Lipinski definition) is 5. The van der Waals surface area contributed by atoms with E-state index in [9.17, 15) is 0 Å². The minimum Gasteiger partial charge on any atom is -0.299 e. The van der Waals surface area contributed by atoms with Gasteiger partial charge in [0.25, 0.3) is 0 Å². The number of imidazole rings is 1. The highest BCUT2D eigenvalue weighted by atomic mass is 32.1. The van der Waals surface area contributed by atoms with Gasteiger partial charge in [-0.05, 0) is 45.0 Å². The first-order chi connectivity index (χ1) is 12.7. The molecule has 0 saturated carbocycles. The summed E-state index contributed by atoms with van der Waals surface area (Å²) in [5, 5.41) is 2.12. The number of pyridine rings is 1. The molecule has 138 valence electrons. The van der Waals surface area contributed by atoms with Crippen molar-refractivity contribution in [1.29, 1.82) is 0 Å². The van der Waals surface area contributed by atoms with Crippen LogP contribution in [0.5, 0.6) is 0 Å². The van der Waals surface area contributed by atoms with Crippen molar-refractivity contribution < 1.29 is 0 Å². The highest BCUT2D eigenvalue weighted by Crippen LogP contribution is 2.22. The molecule has 0 spiro atoms. The first kappa shape index (κ1) is 17.6. The Morgan fingerprint density at radius 2 is 2.23 bits per heavy atom. The Morgan fingerprint density at radius 1 is 1.31 bits per heavy atom. The molecule has 4 heterocycles. The van der Waals surface area contributed by atoms with Crippen molar-refractivity contribution in [1.82, 2.24) is 24.2 Å². The lowest BCUT2D eigenvalue weighted by Gasteiger charge is -2.30. The van der Waals surface area contributed by atoms with Crippen LogP contribution in [0.25, 0.3) is 4.96 Å². The predicted octanol–water partition coefficient (Wildman–Crippen LogP) is 3.59. The molecule has 26 heavy (non-hydrogen) atoms. The first-order valence-electron chi connectivity index (χ1n) is 9.52. The van der Waals surface area contributed by atoms with Crippen molar-refractivity contribution >= 4 is 16.3 Å². The monoisotopic (exact) mass is 369 g/mol. The Kier molecular flexibility index (Phi) is 5.33. The Labute approximate surface area is 159 Å². The van der Waals surface area contributed by atoms with Gasteiger partial charge < -0.3 is 0 Å². The van der Waals surface area contributed by atoms with Gasteiger partial charge in [-0.25, -0.2) is 4.98 Å². The average molecular weight is 370 g/mol. The summed E-state index contributed by atoms with van der Waals surface area (Å²) in [6.07, 6.45) is 6.65. The first-order valence-corrected chi connectivity index (χ1v) is 10.4. The largest absolute Gasteiger partial charge is 0.299 e. The van der Waals surface area contributed by atoms with Crippen LogP contribution in [-0.4, -0.2) is 49.8 Å². The van der Waals surface area contributed by atoms with Crippen molar-refractivity contribution in [3.05, 3.63) is 53.1 Å². The SMILES string of the molecule is CCN1CCC[C@H]1CN(Cc1ccccn1)Cc1c(C)nc2sccn12. The van der Waals surface area contributed by atoms with Gasteiger partial charge in [0.2, 0.25) is 0 Å². The van der Waals surface area contributed by atoms with Gasteiger partial charge in [0, 0.05) is 43.4 Å². The van der Waals surface area contributed by atoms with Gasteiger partial charge in [0.15, 0.2) is 4.96 Å². The summed E-state index contributed by atoms with van der Waals surface area (Å²) >= 11 is 1.70. The number of aryl methyl sites for hydroxylation is 1. The van der Waals surface area contributed by atoms with Gasteiger partial charge in [-0.15, -0.1) is 11.3 Å². The van der Waals surface area contributed by atoms with Crippen LogP contribution in [0.3, 0.4) is 0 Å². The molecule has 1 fully saturated rings. The molecular formula is C20H27N5S. The van der Waals surface area contributed by atoms with Crippen molar-refractivity contribution in [2.75, 3.05) is 19.6 Å². The van der Waals surface area contributed by atoms with Crippen molar-refractivity contribution in [2.24, 2.45) is 0 Å². The van der Waals surface area contributed by atoms with Crippen LogP contribution in [0, 0.1) is 6.92 Å². The summed E-state index contributed by atoms with van der Waals surface area (Å²) in [7, 11) is 0.